The van der Waals surface area contributed by atoms with Crippen LogP contribution in [0.1, 0.15) is 23.0 Å². The first-order valence-electron chi connectivity index (χ1n) is 6.26. The number of anilines is 1. The quantitative estimate of drug-likeness (QED) is 0.908. The summed E-state index contributed by atoms with van der Waals surface area (Å²) in [6.07, 6.45) is 0. The first-order chi connectivity index (χ1) is 9.95. The molecule has 0 aliphatic rings. The van der Waals surface area contributed by atoms with Crippen molar-refractivity contribution in [2.24, 2.45) is 0 Å². The van der Waals surface area contributed by atoms with E-state index in [0.29, 0.717) is 22.2 Å². The fourth-order valence-electron chi connectivity index (χ4n) is 1.64. The second-order valence-electron chi connectivity index (χ2n) is 4.52. The van der Waals surface area contributed by atoms with E-state index in [2.05, 4.69) is 15.8 Å². The Morgan fingerprint density at radius 2 is 2.10 bits per heavy atom. The van der Waals surface area contributed by atoms with E-state index >= 15 is 0 Å². The molecule has 110 valence electrons. The van der Waals surface area contributed by atoms with Crippen molar-refractivity contribution in [3.63, 3.8) is 0 Å². The second-order valence-corrected chi connectivity index (χ2v) is 4.95. The molecule has 7 heteroatoms. The van der Waals surface area contributed by atoms with Gasteiger partial charge in [-0.3, -0.25) is 9.59 Å². The first kappa shape index (κ1) is 15.1. The number of carbonyl (C=O) groups is 2. The normalized spacial score (nSPS) is 11.8. The molecule has 1 heterocycles. The predicted molar refractivity (Wildman–Crippen MR) is 78.2 cm³/mol. The van der Waals surface area contributed by atoms with E-state index in [-0.39, 0.29) is 5.91 Å². The van der Waals surface area contributed by atoms with Crippen molar-refractivity contribution < 1.29 is 14.1 Å². The molecule has 1 aromatic heterocycles. The highest BCUT2D eigenvalue weighted by Gasteiger charge is 2.18. The van der Waals surface area contributed by atoms with Gasteiger partial charge in [-0.25, -0.2) is 0 Å². The van der Waals surface area contributed by atoms with Gasteiger partial charge in [0.15, 0.2) is 5.82 Å². The fraction of sp³-hybridized carbons (Fsp3) is 0.214. The van der Waals surface area contributed by atoms with Crippen molar-refractivity contribution in [3.05, 3.63) is 46.7 Å². The van der Waals surface area contributed by atoms with Crippen molar-refractivity contribution in [3.8, 4) is 0 Å². The average molecular weight is 308 g/mol. The molecular formula is C14H14ClN3O3. The zero-order valence-electron chi connectivity index (χ0n) is 11.5. The SMILES string of the molecule is Cc1cc(NC(=O)[C@H](C)NC(=O)c2cccc(Cl)c2)no1. The van der Waals surface area contributed by atoms with Gasteiger partial charge < -0.3 is 15.2 Å². The zero-order valence-corrected chi connectivity index (χ0v) is 12.3. The van der Waals surface area contributed by atoms with Crippen molar-refractivity contribution >= 4 is 29.2 Å². The Bertz CT molecular complexity index is 669. The molecule has 1 aromatic carbocycles. The summed E-state index contributed by atoms with van der Waals surface area (Å²) in [6, 6.07) is 7.34. The predicted octanol–water partition coefficient (Wildman–Crippen LogP) is 2.39. The number of hydrogen-bond donors (Lipinski definition) is 2. The van der Waals surface area contributed by atoms with Crippen LogP contribution < -0.4 is 10.6 Å². The molecular weight excluding hydrogens is 294 g/mol. The number of nitrogens with one attached hydrogen (secondary N) is 2. The lowest BCUT2D eigenvalue weighted by Gasteiger charge is -2.13. The zero-order chi connectivity index (χ0) is 15.4. The molecule has 2 N–H and O–H groups in total. The van der Waals surface area contributed by atoms with Crippen LogP contribution in [0.5, 0.6) is 0 Å². The average Bonchev–Trinajstić information content (AvgIpc) is 2.84. The van der Waals surface area contributed by atoms with Crippen LogP contribution in [0.25, 0.3) is 0 Å². The number of nitrogens with zero attached hydrogens (tertiary/aromatic N) is 1. The maximum Gasteiger partial charge on any atom is 0.251 e. The van der Waals surface area contributed by atoms with Crippen molar-refractivity contribution in [2.45, 2.75) is 19.9 Å². The molecule has 0 spiro atoms. The maximum absolute atomic E-state index is 12.0. The number of amides is 2. The molecule has 0 unspecified atom stereocenters. The number of rotatable bonds is 4. The van der Waals surface area contributed by atoms with Crippen LogP contribution in [0.4, 0.5) is 5.82 Å². The van der Waals surface area contributed by atoms with Crippen LogP contribution in [0.3, 0.4) is 0 Å². The molecule has 2 rings (SSSR count). The number of aromatic nitrogens is 1. The highest BCUT2D eigenvalue weighted by Crippen LogP contribution is 2.11. The molecule has 2 aromatic rings. The van der Waals surface area contributed by atoms with E-state index in [1.165, 1.54) is 6.07 Å². The minimum absolute atomic E-state index is 0.307. The van der Waals surface area contributed by atoms with Crippen LogP contribution in [0, 0.1) is 6.92 Å². The Morgan fingerprint density at radius 3 is 2.71 bits per heavy atom. The lowest BCUT2D eigenvalue weighted by Crippen LogP contribution is -2.41. The van der Waals surface area contributed by atoms with Gasteiger partial charge in [0.2, 0.25) is 5.91 Å². The first-order valence-corrected chi connectivity index (χ1v) is 6.64. The molecule has 0 fully saturated rings. The Labute approximate surface area is 126 Å². The molecule has 21 heavy (non-hydrogen) atoms. The van der Waals surface area contributed by atoms with Crippen LogP contribution in [0.15, 0.2) is 34.9 Å². The summed E-state index contributed by atoms with van der Waals surface area (Å²) in [6.45, 7) is 3.29. The summed E-state index contributed by atoms with van der Waals surface area (Å²) in [4.78, 5) is 23.9. The summed E-state index contributed by atoms with van der Waals surface area (Å²) in [7, 11) is 0. The Kier molecular flexibility index (Phi) is 4.59. The lowest BCUT2D eigenvalue weighted by molar-refractivity contribution is -0.117. The number of aryl methyl sites for hydroxylation is 1. The van der Waals surface area contributed by atoms with Gasteiger partial charge in [0.1, 0.15) is 11.8 Å². The van der Waals surface area contributed by atoms with Crippen LogP contribution in [-0.2, 0) is 4.79 Å². The van der Waals surface area contributed by atoms with Crippen molar-refractivity contribution in [2.75, 3.05) is 5.32 Å². The number of hydrogen-bond acceptors (Lipinski definition) is 4. The summed E-state index contributed by atoms with van der Waals surface area (Å²) >= 11 is 5.82. The van der Waals surface area contributed by atoms with Crippen molar-refractivity contribution in [1.29, 1.82) is 0 Å². The number of benzene rings is 1. The van der Waals surface area contributed by atoms with E-state index < -0.39 is 11.9 Å². The van der Waals surface area contributed by atoms with E-state index in [1.807, 2.05) is 0 Å². The fourth-order valence-corrected chi connectivity index (χ4v) is 1.83. The molecule has 0 saturated heterocycles. The second kappa shape index (κ2) is 6.41. The Balaban J connectivity index is 1.95. The third-order valence-corrected chi connectivity index (χ3v) is 2.94. The topological polar surface area (TPSA) is 84.2 Å². The van der Waals surface area contributed by atoms with E-state index in [0.717, 1.165) is 0 Å². The summed E-state index contributed by atoms with van der Waals surface area (Å²) in [5, 5.41) is 9.23. The minimum Gasteiger partial charge on any atom is -0.360 e. The smallest absolute Gasteiger partial charge is 0.251 e. The van der Waals surface area contributed by atoms with Crippen molar-refractivity contribution in [1.82, 2.24) is 10.5 Å². The van der Waals surface area contributed by atoms with E-state index in [9.17, 15) is 9.59 Å². The van der Waals surface area contributed by atoms with Crippen LogP contribution in [0.2, 0.25) is 5.02 Å². The molecule has 0 aliphatic carbocycles. The molecule has 0 aliphatic heterocycles. The van der Waals surface area contributed by atoms with E-state index in [1.54, 1.807) is 38.1 Å². The molecule has 2 amide bonds. The summed E-state index contributed by atoms with van der Waals surface area (Å²) in [5.74, 6) is 0.123. The molecule has 0 radical (unpaired) electrons. The van der Waals surface area contributed by atoms with Gasteiger partial charge in [-0.1, -0.05) is 22.8 Å². The number of halogens is 1. The Morgan fingerprint density at radius 1 is 1.33 bits per heavy atom. The molecule has 1 atom stereocenters. The highest BCUT2D eigenvalue weighted by atomic mass is 35.5. The molecule has 0 saturated carbocycles. The highest BCUT2D eigenvalue weighted by molar-refractivity contribution is 6.31. The standard InChI is InChI=1S/C14H14ClN3O3/c1-8-6-12(18-21-8)17-13(19)9(2)16-14(20)10-4-3-5-11(15)7-10/h3-7,9H,1-2H3,(H,16,20)(H,17,18,19)/t9-/m0/s1. The van der Waals surface area contributed by atoms with Crippen LogP contribution >= 0.6 is 11.6 Å². The van der Waals surface area contributed by atoms with Gasteiger partial charge in [-0.15, -0.1) is 0 Å². The van der Waals surface area contributed by atoms with Gasteiger partial charge in [-0.2, -0.15) is 0 Å². The third kappa shape index (κ3) is 4.06. The largest absolute Gasteiger partial charge is 0.360 e. The van der Waals surface area contributed by atoms with Gasteiger partial charge in [0.05, 0.1) is 0 Å². The van der Waals surface area contributed by atoms with E-state index in [4.69, 9.17) is 16.1 Å². The summed E-state index contributed by atoms with van der Waals surface area (Å²) in [5.41, 5.74) is 0.388. The molecule has 0 bridgehead atoms. The minimum atomic E-state index is -0.728. The Hall–Kier alpha value is -2.34. The maximum atomic E-state index is 12.0. The van der Waals surface area contributed by atoms with Gasteiger partial charge in [0.25, 0.3) is 5.91 Å². The van der Waals surface area contributed by atoms with Gasteiger partial charge >= 0.3 is 0 Å². The van der Waals surface area contributed by atoms with Crippen LogP contribution in [-0.4, -0.2) is 23.0 Å². The third-order valence-electron chi connectivity index (χ3n) is 2.71. The lowest BCUT2D eigenvalue weighted by atomic mass is 10.2. The number of carbonyl (C=O) groups excluding carboxylic acids is 2. The summed E-state index contributed by atoms with van der Waals surface area (Å²) < 4.78 is 4.84. The van der Waals surface area contributed by atoms with Gasteiger partial charge in [-0.05, 0) is 32.0 Å². The van der Waals surface area contributed by atoms with Gasteiger partial charge in [0, 0.05) is 16.7 Å². The molecule has 6 nitrogen and oxygen atoms in total. The monoisotopic (exact) mass is 307 g/mol.